The van der Waals surface area contributed by atoms with Crippen molar-refractivity contribution in [3.8, 4) is 0 Å². The Morgan fingerprint density at radius 2 is 1.15 bits per heavy atom. The third kappa shape index (κ3) is 5.71. The van der Waals surface area contributed by atoms with Crippen molar-refractivity contribution in [3.63, 3.8) is 0 Å². The van der Waals surface area contributed by atoms with Gasteiger partial charge in [-0.15, -0.1) is 0 Å². The smallest absolute Gasteiger partial charge is 0.161 e. The summed E-state index contributed by atoms with van der Waals surface area (Å²) >= 11 is 6.34. The molecule has 0 atom stereocenters. The van der Waals surface area contributed by atoms with Crippen molar-refractivity contribution in [3.05, 3.63) is 57.0 Å². The van der Waals surface area contributed by atoms with Gasteiger partial charge in [-0.1, -0.05) is 0 Å². The van der Waals surface area contributed by atoms with E-state index in [-0.39, 0.29) is 11.6 Å². The summed E-state index contributed by atoms with van der Waals surface area (Å²) in [7, 11) is 0. The van der Waals surface area contributed by atoms with E-state index in [1.54, 1.807) is 36.7 Å². The molecule has 0 amide bonds. The zero-order valence-corrected chi connectivity index (χ0v) is 14.1. The maximum atomic E-state index is 10.7. The molecule has 0 aliphatic rings. The Morgan fingerprint density at radius 3 is 1.35 bits per heavy atom. The number of rotatable bonds is 2. The van der Waals surface area contributed by atoms with Gasteiger partial charge in [0.1, 0.15) is 9.21 Å². The van der Waals surface area contributed by atoms with Crippen LogP contribution < -0.4 is 0 Å². The lowest BCUT2D eigenvalue weighted by Crippen LogP contribution is -1.91. The molecular formula is C14H12Br2N2O2. The van der Waals surface area contributed by atoms with Gasteiger partial charge in [0.15, 0.2) is 11.6 Å². The van der Waals surface area contributed by atoms with Crippen molar-refractivity contribution in [1.29, 1.82) is 0 Å². The average Bonchev–Trinajstić information content (AvgIpc) is 2.40. The van der Waals surface area contributed by atoms with Crippen LogP contribution in [0.4, 0.5) is 0 Å². The molecule has 2 aromatic heterocycles. The first-order valence-electron chi connectivity index (χ1n) is 5.65. The number of pyridine rings is 2. The number of ketones is 2. The topological polar surface area (TPSA) is 59.9 Å². The van der Waals surface area contributed by atoms with Crippen molar-refractivity contribution in [1.82, 2.24) is 9.97 Å². The van der Waals surface area contributed by atoms with Crippen LogP contribution in [0.3, 0.4) is 0 Å². The highest BCUT2D eigenvalue weighted by molar-refractivity contribution is 9.10. The van der Waals surface area contributed by atoms with Crippen molar-refractivity contribution in [2.24, 2.45) is 0 Å². The highest BCUT2D eigenvalue weighted by Gasteiger charge is 1.97. The monoisotopic (exact) mass is 398 g/mol. The maximum Gasteiger partial charge on any atom is 0.161 e. The Kier molecular flexibility index (Phi) is 6.67. The van der Waals surface area contributed by atoms with Gasteiger partial charge in [-0.05, 0) is 70.0 Å². The molecule has 6 heteroatoms. The van der Waals surface area contributed by atoms with E-state index >= 15 is 0 Å². The molecule has 0 fully saturated rings. The van der Waals surface area contributed by atoms with E-state index in [9.17, 15) is 9.59 Å². The Morgan fingerprint density at radius 1 is 0.800 bits per heavy atom. The van der Waals surface area contributed by atoms with E-state index in [1.807, 2.05) is 0 Å². The summed E-state index contributed by atoms with van der Waals surface area (Å²) in [5.74, 6) is 0.0833. The molecule has 0 aliphatic carbocycles. The fraction of sp³-hybridized carbons (Fsp3) is 0.143. The molecule has 0 aromatic carbocycles. The first-order chi connectivity index (χ1) is 9.40. The van der Waals surface area contributed by atoms with Gasteiger partial charge >= 0.3 is 0 Å². The number of hydrogen-bond acceptors (Lipinski definition) is 4. The number of Topliss-reactive ketones (excluding diaryl/α,β-unsaturated/α-hetero) is 2. The molecule has 0 radical (unpaired) electrons. The largest absolute Gasteiger partial charge is 0.294 e. The van der Waals surface area contributed by atoms with Crippen LogP contribution in [0.5, 0.6) is 0 Å². The maximum absolute atomic E-state index is 10.7. The summed E-state index contributed by atoms with van der Waals surface area (Å²) in [5, 5.41) is 0. The molecule has 2 aromatic rings. The van der Waals surface area contributed by atoms with Crippen LogP contribution in [0.1, 0.15) is 34.6 Å². The summed E-state index contributed by atoms with van der Waals surface area (Å²) in [6.07, 6.45) is 3.10. The van der Waals surface area contributed by atoms with Gasteiger partial charge in [0.05, 0.1) is 0 Å². The second-order valence-electron chi connectivity index (χ2n) is 3.85. The van der Waals surface area contributed by atoms with E-state index in [2.05, 4.69) is 41.8 Å². The van der Waals surface area contributed by atoms with Crippen LogP contribution in [0.15, 0.2) is 45.9 Å². The van der Waals surface area contributed by atoms with Gasteiger partial charge in [0.2, 0.25) is 0 Å². The standard InChI is InChI=1S/2C7H6BrNO/c2*1-5(10)6-2-3-7(8)9-4-6/h2*2-4H,1H3. The van der Waals surface area contributed by atoms with Crippen molar-refractivity contribution in [2.45, 2.75) is 13.8 Å². The normalized spacial score (nSPS) is 9.40. The van der Waals surface area contributed by atoms with Crippen LogP contribution in [0, 0.1) is 0 Å². The molecule has 20 heavy (non-hydrogen) atoms. The first kappa shape index (κ1) is 16.7. The highest BCUT2D eigenvalue weighted by atomic mass is 79.9. The number of nitrogens with zero attached hydrogens (tertiary/aromatic N) is 2. The molecule has 0 saturated heterocycles. The molecule has 4 nitrogen and oxygen atoms in total. The molecule has 0 saturated carbocycles. The fourth-order valence-electron chi connectivity index (χ4n) is 1.17. The minimum Gasteiger partial charge on any atom is -0.294 e. The predicted molar refractivity (Wildman–Crippen MR) is 83.9 cm³/mol. The van der Waals surface area contributed by atoms with Gasteiger partial charge in [-0.25, -0.2) is 9.97 Å². The van der Waals surface area contributed by atoms with Gasteiger partial charge in [0, 0.05) is 23.5 Å². The van der Waals surface area contributed by atoms with Crippen molar-refractivity contribution in [2.75, 3.05) is 0 Å². The van der Waals surface area contributed by atoms with E-state index in [0.717, 1.165) is 9.21 Å². The Balaban J connectivity index is 0.000000200. The van der Waals surface area contributed by atoms with Crippen molar-refractivity contribution >= 4 is 43.4 Å². The Labute approximate surface area is 133 Å². The van der Waals surface area contributed by atoms with Gasteiger partial charge in [0.25, 0.3) is 0 Å². The summed E-state index contributed by atoms with van der Waals surface area (Å²) < 4.78 is 1.50. The second-order valence-corrected chi connectivity index (χ2v) is 5.48. The summed E-state index contributed by atoms with van der Waals surface area (Å²) in [6, 6.07) is 6.96. The third-order valence-corrected chi connectivity index (χ3v) is 3.21. The number of carbonyl (C=O) groups is 2. The van der Waals surface area contributed by atoms with Crippen LogP contribution in [0.25, 0.3) is 0 Å². The van der Waals surface area contributed by atoms with Gasteiger partial charge < -0.3 is 0 Å². The SMILES string of the molecule is CC(=O)c1ccc(Br)nc1.CC(=O)c1ccc(Br)nc1. The van der Waals surface area contributed by atoms with Gasteiger partial charge in [-0.3, -0.25) is 9.59 Å². The number of aromatic nitrogens is 2. The van der Waals surface area contributed by atoms with Crippen molar-refractivity contribution < 1.29 is 9.59 Å². The Bertz CT molecular complexity index is 540. The quantitative estimate of drug-likeness (QED) is 0.563. The summed E-state index contributed by atoms with van der Waals surface area (Å²) in [5.41, 5.74) is 1.28. The fourth-order valence-corrected chi connectivity index (χ4v) is 1.64. The number of halogens is 2. The molecule has 104 valence electrons. The molecule has 0 aliphatic heterocycles. The molecular weight excluding hydrogens is 388 g/mol. The lowest BCUT2D eigenvalue weighted by atomic mass is 10.2. The first-order valence-corrected chi connectivity index (χ1v) is 7.23. The van der Waals surface area contributed by atoms with Gasteiger partial charge in [-0.2, -0.15) is 0 Å². The van der Waals surface area contributed by atoms with E-state index in [0.29, 0.717) is 11.1 Å². The van der Waals surface area contributed by atoms with E-state index in [4.69, 9.17) is 0 Å². The lowest BCUT2D eigenvalue weighted by molar-refractivity contribution is 0.100. The molecule has 0 N–H and O–H groups in total. The Hall–Kier alpha value is -1.40. The predicted octanol–water partition coefficient (Wildman–Crippen LogP) is 4.09. The summed E-state index contributed by atoms with van der Waals surface area (Å²) in [4.78, 5) is 29.2. The van der Waals surface area contributed by atoms with E-state index < -0.39 is 0 Å². The molecule has 2 heterocycles. The molecule has 0 spiro atoms. The number of carbonyl (C=O) groups excluding carboxylic acids is 2. The van der Waals surface area contributed by atoms with Crippen LogP contribution in [-0.2, 0) is 0 Å². The zero-order valence-electron chi connectivity index (χ0n) is 10.9. The lowest BCUT2D eigenvalue weighted by Gasteiger charge is -1.92. The molecule has 0 bridgehead atoms. The minimum absolute atomic E-state index is 0.0417. The molecule has 0 unspecified atom stereocenters. The summed E-state index contributed by atoms with van der Waals surface area (Å²) in [6.45, 7) is 3.04. The van der Waals surface area contributed by atoms with Crippen LogP contribution in [-0.4, -0.2) is 21.5 Å². The molecule has 2 rings (SSSR count). The third-order valence-electron chi connectivity index (χ3n) is 2.27. The zero-order chi connectivity index (χ0) is 15.1. The highest BCUT2D eigenvalue weighted by Crippen LogP contribution is 2.06. The number of hydrogen-bond donors (Lipinski definition) is 0. The minimum atomic E-state index is 0.0417. The van der Waals surface area contributed by atoms with Crippen LogP contribution >= 0.6 is 31.9 Å². The van der Waals surface area contributed by atoms with E-state index in [1.165, 1.54) is 13.8 Å². The average molecular weight is 400 g/mol. The van der Waals surface area contributed by atoms with Crippen LogP contribution in [0.2, 0.25) is 0 Å². The second kappa shape index (κ2) is 8.01.